The van der Waals surface area contributed by atoms with E-state index in [1.165, 1.54) is 5.41 Å². The Balaban J connectivity index is 1.88. The summed E-state index contributed by atoms with van der Waals surface area (Å²) in [6.45, 7) is 3.41. The van der Waals surface area contributed by atoms with E-state index in [4.69, 9.17) is 4.74 Å². The SMILES string of the molecule is CCCOc1cccc(CNC2C=CS(=O)(=O)C2)c1. The fourth-order valence-corrected chi connectivity index (χ4v) is 3.19. The quantitative estimate of drug-likeness (QED) is 0.865. The van der Waals surface area contributed by atoms with Gasteiger partial charge in [-0.25, -0.2) is 8.42 Å². The van der Waals surface area contributed by atoms with E-state index in [2.05, 4.69) is 12.2 Å². The van der Waals surface area contributed by atoms with E-state index in [9.17, 15) is 8.42 Å². The summed E-state index contributed by atoms with van der Waals surface area (Å²) in [7, 11) is -2.99. The minimum atomic E-state index is -2.99. The van der Waals surface area contributed by atoms with Crippen LogP contribution in [0.15, 0.2) is 35.7 Å². The van der Waals surface area contributed by atoms with Crippen LogP contribution < -0.4 is 10.1 Å². The first-order valence-electron chi connectivity index (χ1n) is 6.45. The molecule has 0 saturated heterocycles. The molecular formula is C14H19NO3S. The Labute approximate surface area is 114 Å². The van der Waals surface area contributed by atoms with Gasteiger partial charge in [0.2, 0.25) is 0 Å². The van der Waals surface area contributed by atoms with Crippen molar-refractivity contribution in [2.45, 2.75) is 25.9 Å². The van der Waals surface area contributed by atoms with E-state index in [0.29, 0.717) is 13.2 Å². The molecule has 0 fully saturated rings. The molecule has 0 amide bonds. The standard InChI is InChI=1S/C14H19NO3S/c1-2-7-18-14-5-3-4-12(9-14)10-15-13-6-8-19(16,17)11-13/h3-6,8-9,13,15H,2,7,10-11H2,1H3. The normalized spacial score (nSPS) is 20.6. The van der Waals surface area contributed by atoms with Crippen LogP contribution in [0, 0.1) is 0 Å². The zero-order valence-electron chi connectivity index (χ0n) is 11.0. The van der Waals surface area contributed by atoms with Crippen molar-refractivity contribution >= 4 is 9.84 Å². The summed E-state index contributed by atoms with van der Waals surface area (Å²) in [4.78, 5) is 0. The third kappa shape index (κ3) is 4.36. The smallest absolute Gasteiger partial charge is 0.173 e. The van der Waals surface area contributed by atoms with Gasteiger partial charge in [0.1, 0.15) is 5.75 Å². The van der Waals surface area contributed by atoms with Crippen molar-refractivity contribution in [2.75, 3.05) is 12.4 Å². The van der Waals surface area contributed by atoms with Crippen LogP contribution >= 0.6 is 0 Å². The third-order valence-electron chi connectivity index (χ3n) is 2.87. The van der Waals surface area contributed by atoms with Gasteiger partial charge in [-0.05, 0) is 24.1 Å². The van der Waals surface area contributed by atoms with Gasteiger partial charge in [-0.1, -0.05) is 25.1 Å². The van der Waals surface area contributed by atoms with Gasteiger partial charge in [0.25, 0.3) is 0 Å². The number of nitrogens with one attached hydrogen (secondary N) is 1. The Bertz CT molecular complexity index is 552. The minimum absolute atomic E-state index is 0.0924. The van der Waals surface area contributed by atoms with Crippen LogP contribution in [0.1, 0.15) is 18.9 Å². The molecular weight excluding hydrogens is 262 g/mol. The number of hydrogen-bond donors (Lipinski definition) is 1. The first kappa shape index (κ1) is 14.1. The molecule has 1 aliphatic heterocycles. The zero-order chi connectivity index (χ0) is 13.7. The van der Waals surface area contributed by atoms with Gasteiger partial charge in [0.05, 0.1) is 12.4 Å². The highest BCUT2D eigenvalue weighted by molar-refractivity contribution is 7.94. The lowest BCUT2D eigenvalue weighted by atomic mass is 10.2. The molecule has 0 radical (unpaired) electrons. The molecule has 4 nitrogen and oxygen atoms in total. The second-order valence-electron chi connectivity index (χ2n) is 4.64. The van der Waals surface area contributed by atoms with Crippen LogP contribution in [-0.4, -0.2) is 26.8 Å². The highest BCUT2D eigenvalue weighted by atomic mass is 32.2. The van der Waals surface area contributed by atoms with Crippen LogP contribution in [-0.2, 0) is 16.4 Å². The molecule has 5 heteroatoms. The van der Waals surface area contributed by atoms with E-state index < -0.39 is 9.84 Å². The van der Waals surface area contributed by atoms with Crippen molar-refractivity contribution in [1.29, 1.82) is 0 Å². The number of benzene rings is 1. The highest BCUT2D eigenvalue weighted by Gasteiger charge is 2.20. The Morgan fingerprint density at radius 2 is 2.26 bits per heavy atom. The maximum atomic E-state index is 11.3. The molecule has 0 spiro atoms. The van der Waals surface area contributed by atoms with Gasteiger partial charge in [-0.15, -0.1) is 0 Å². The van der Waals surface area contributed by atoms with Crippen LogP contribution in [0.5, 0.6) is 5.75 Å². The molecule has 0 aliphatic carbocycles. The first-order valence-corrected chi connectivity index (χ1v) is 8.17. The molecule has 1 aliphatic rings. The van der Waals surface area contributed by atoms with Gasteiger partial charge in [-0.3, -0.25) is 0 Å². The largest absolute Gasteiger partial charge is 0.494 e. The average Bonchev–Trinajstić information content (AvgIpc) is 2.74. The molecule has 1 unspecified atom stereocenters. The van der Waals surface area contributed by atoms with Crippen LogP contribution in [0.3, 0.4) is 0 Å². The van der Waals surface area contributed by atoms with Crippen molar-refractivity contribution in [3.8, 4) is 5.75 Å². The van der Waals surface area contributed by atoms with E-state index in [0.717, 1.165) is 17.7 Å². The van der Waals surface area contributed by atoms with Crippen molar-refractivity contribution in [1.82, 2.24) is 5.32 Å². The van der Waals surface area contributed by atoms with Gasteiger partial charge < -0.3 is 10.1 Å². The molecule has 1 heterocycles. The van der Waals surface area contributed by atoms with E-state index >= 15 is 0 Å². The summed E-state index contributed by atoms with van der Waals surface area (Å²) in [6, 6.07) is 7.77. The van der Waals surface area contributed by atoms with Crippen molar-refractivity contribution < 1.29 is 13.2 Å². The van der Waals surface area contributed by atoms with Crippen LogP contribution in [0.4, 0.5) is 0 Å². The molecule has 0 bridgehead atoms. The second-order valence-corrected chi connectivity index (χ2v) is 6.57. The topological polar surface area (TPSA) is 55.4 Å². The Morgan fingerprint density at radius 3 is 2.95 bits per heavy atom. The summed E-state index contributed by atoms with van der Waals surface area (Å²) >= 11 is 0. The maximum Gasteiger partial charge on any atom is 0.173 e. The highest BCUT2D eigenvalue weighted by Crippen LogP contribution is 2.14. The number of sulfone groups is 1. The Kier molecular flexibility index (Phi) is 4.61. The van der Waals surface area contributed by atoms with Gasteiger partial charge in [0.15, 0.2) is 9.84 Å². The zero-order valence-corrected chi connectivity index (χ0v) is 11.8. The average molecular weight is 281 g/mol. The summed E-state index contributed by atoms with van der Waals surface area (Å²) in [5.74, 6) is 1.01. The summed E-state index contributed by atoms with van der Waals surface area (Å²) in [6.07, 6.45) is 2.68. The third-order valence-corrected chi connectivity index (χ3v) is 4.27. The van der Waals surface area contributed by atoms with Gasteiger partial charge >= 0.3 is 0 Å². The van der Waals surface area contributed by atoms with Gasteiger partial charge in [-0.2, -0.15) is 0 Å². The van der Waals surface area contributed by atoms with Crippen LogP contribution in [0.2, 0.25) is 0 Å². The lowest BCUT2D eigenvalue weighted by molar-refractivity contribution is 0.317. The number of hydrogen-bond acceptors (Lipinski definition) is 4. The molecule has 1 atom stereocenters. The van der Waals surface area contributed by atoms with E-state index in [-0.39, 0.29) is 11.8 Å². The predicted octanol–water partition coefficient (Wildman–Crippen LogP) is 1.88. The first-order chi connectivity index (χ1) is 9.09. The summed E-state index contributed by atoms with van der Waals surface area (Å²) < 4.78 is 28.1. The fourth-order valence-electron chi connectivity index (χ4n) is 1.92. The molecule has 1 aromatic rings. The lowest BCUT2D eigenvalue weighted by Crippen LogP contribution is -2.29. The molecule has 0 saturated carbocycles. The predicted molar refractivity (Wildman–Crippen MR) is 75.8 cm³/mol. The van der Waals surface area contributed by atoms with Crippen molar-refractivity contribution in [3.63, 3.8) is 0 Å². The maximum absolute atomic E-state index is 11.3. The molecule has 0 aromatic heterocycles. The number of rotatable bonds is 6. The summed E-state index contributed by atoms with van der Waals surface area (Å²) in [5, 5.41) is 4.50. The molecule has 1 N–H and O–H groups in total. The summed E-state index contributed by atoms with van der Waals surface area (Å²) in [5.41, 5.74) is 1.09. The molecule has 104 valence electrons. The lowest BCUT2D eigenvalue weighted by Gasteiger charge is -2.11. The monoisotopic (exact) mass is 281 g/mol. The van der Waals surface area contributed by atoms with E-state index in [1.54, 1.807) is 6.08 Å². The van der Waals surface area contributed by atoms with E-state index in [1.807, 2.05) is 24.3 Å². The fraction of sp³-hybridized carbons (Fsp3) is 0.429. The minimum Gasteiger partial charge on any atom is -0.494 e. The van der Waals surface area contributed by atoms with Crippen LogP contribution in [0.25, 0.3) is 0 Å². The van der Waals surface area contributed by atoms with Crippen molar-refractivity contribution in [3.05, 3.63) is 41.3 Å². The van der Waals surface area contributed by atoms with Crippen molar-refractivity contribution in [2.24, 2.45) is 0 Å². The molecule has 1 aromatic carbocycles. The molecule has 2 rings (SSSR count). The Morgan fingerprint density at radius 1 is 1.42 bits per heavy atom. The second kappa shape index (κ2) is 6.21. The number of ether oxygens (including phenoxy) is 1. The molecule has 19 heavy (non-hydrogen) atoms. The van der Waals surface area contributed by atoms with Gasteiger partial charge in [0, 0.05) is 18.0 Å². The Hall–Kier alpha value is -1.33.